The third-order valence-electron chi connectivity index (χ3n) is 7.52. The highest BCUT2D eigenvalue weighted by atomic mass is 16.5. The normalized spacial score (nSPS) is 10.9. The van der Waals surface area contributed by atoms with Crippen LogP contribution in [0.2, 0.25) is 0 Å². The van der Waals surface area contributed by atoms with Gasteiger partial charge in [0.25, 0.3) is 0 Å². The van der Waals surface area contributed by atoms with E-state index in [0.29, 0.717) is 49.9 Å². The number of aliphatic hydroxyl groups is 2. The summed E-state index contributed by atoms with van der Waals surface area (Å²) in [4.78, 5) is 23.9. The van der Waals surface area contributed by atoms with Crippen molar-refractivity contribution in [2.45, 2.75) is 52.9 Å². The lowest BCUT2D eigenvalue weighted by Gasteiger charge is -2.20. The second-order valence-corrected chi connectivity index (χ2v) is 11.4. The fourth-order valence-electron chi connectivity index (χ4n) is 4.93. The summed E-state index contributed by atoms with van der Waals surface area (Å²) in [5.41, 5.74) is 8.17. The summed E-state index contributed by atoms with van der Waals surface area (Å²) in [6, 6.07) is 20.9. The van der Waals surface area contributed by atoms with E-state index >= 15 is 0 Å². The molecule has 0 radical (unpaired) electrons. The molecule has 7 nitrogen and oxygen atoms in total. The predicted octanol–water partition coefficient (Wildman–Crippen LogP) is 6.80. The molecule has 7 heteroatoms. The number of aliphatic hydroxyl groups excluding tert-OH is 2. The van der Waals surface area contributed by atoms with Crippen molar-refractivity contribution in [1.82, 2.24) is 0 Å². The molecule has 3 rings (SSSR count). The van der Waals surface area contributed by atoms with Crippen molar-refractivity contribution in [3.63, 3.8) is 0 Å². The maximum absolute atomic E-state index is 12.0. The maximum atomic E-state index is 12.0. The summed E-state index contributed by atoms with van der Waals surface area (Å²) in [5, 5.41) is 19.1. The Labute approximate surface area is 267 Å². The van der Waals surface area contributed by atoms with E-state index < -0.39 is 11.9 Å². The number of carbonyl (C=O) groups excluding carboxylic acids is 2. The van der Waals surface area contributed by atoms with Crippen LogP contribution in [0.25, 0.3) is 22.3 Å². The summed E-state index contributed by atoms with van der Waals surface area (Å²) in [6.45, 7) is 13.2. The molecule has 0 aliphatic heterocycles. The zero-order valence-electron chi connectivity index (χ0n) is 26.8. The Balaban J connectivity index is 1.98. The molecule has 0 aliphatic carbocycles. The molecule has 0 atom stereocenters. The first-order valence-corrected chi connectivity index (χ1v) is 15.5. The van der Waals surface area contributed by atoms with E-state index in [2.05, 4.69) is 62.5 Å². The van der Waals surface area contributed by atoms with Crippen LogP contribution >= 0.6 is 0 Å². The summed E-state index contributed by atoms with van der Waals surface area (Å²) in [7, 11) is 0. The van der Waals surface area contributed by atoms with Gasteiger partial charge in [0.15, 0.2) is 0 Å². The lowest BCUT2D eigenvalue weighted by atomic mass is 9.91. The first-order valence-electron chi connectivity index (χ1n) is 15.5. The molecule has 3 aromatic carbocycles. The van der Waals surface area contributed by atoms with Gasteiger partial charge in [-0.15, -0.1) is 0 Å². The van der Waals surface area contributed by atoms with Crippen LogP contribution in [0, 0.1) is 12.8 Å². The third kappa shape index (κ3) is 10.7. The molecule has 0 saturated carbocycles. The Kier molecular flexibility index (Phi) is 14.1. The monoisotopic (exact) mass is 614 g/mol. The summed E-state index contributed by atoms with van der Waals surface area (Å²) in [6.07, 6.45) is 2.83. The van der Waals surface area contributed by atoms with Crippen LogP contribution in [-0.4, -0.2) is 55.2 Å². The van der Waals surface area contributed by atoms with Crippen LogP contribution in [0.3, 0.4) is 0 Å². The summed E-state index contributed by atoms with van der Waals surface area (Å²) in [5.74, 6) is -0.383. The Bertz CT molecular complexity index is 1400. The van der Waals surface area contributed by atoms with Crippen molar-refractivity contribution in [2.24, 2.45) is 5.92 Å². The van der Waals surface area contributed by atoms with Gasteiger partial charge >= 0.3 is 11.9 Å². The van der Waals surface area contributed by atoms with Crippen LogP contribution in [-0.2, 0) is 31.9 Å². The molecular formula is C38H46O7. The molecule has 0 aliphatic rings. The van der Waals surface area contributed by atoms with Gasteiger partial charge in [-0.25, -0.2) is 9.59 Å². The number of benzene rings is 3. The van der Waals surface area contributed by atoms with E-state index in [1.807, 2.05) is 18.2 Å². The van der Waals surface area contributed by atoms with E-state index in [9.17, 15) is 19.8 Å². The van der Waals surface area contributed by atoms with Gasteiger partial charge in [-0.2, -0.15) is 0 Å². The minimum atomic E-state index is -0.418. The van der Waals surface area contributed by atoms with Gasteiger partial charge in [-0.1, -0.05) is 61.7 Å². The minimum Gasteiger partial charge on any atom is -0.493 e. The van der Waals surface area contributed by atoms with Gasteiger partial charge in [-0.05, 0) is 104 Å². The second kappa shape index (κ2) is 17.9. The highest BCUT2D eigenvalue weighted by Crippen LogP contribution is 2.36. The van der Waals surface area contributed by atoms with Gasteiger partial charge in [-0.3, -0.25) is 0 Å². The molecule has 0 aromatic heterocycles. The standard InChI is InChI=1S/C38H46O7/c1-26(2)37(41)44-18-9-13-32-22-34(35-16-15-31(21-28(35)5)30-11-7-6-8-12-30)23-33(14-10-19-45-38(42)27(3)4)36(32)43-20-17-29(24-39)25-40/h6-8,11-12,15-16,21-23,29,39-40H,1,3,9-10,13-14,17-20,24-25H2,2,4-5H3. The Morgan fingerprint density at radius 1 is 0.733 bits per heavy atom. The molecule has 2 N–H and O–H groups in total. The second-order valence-electron chi connectivity index (χ2n) is 11.4. The number of ether oxygens (including phenoxy) is 3. The Hall–Kier alpha value is -4.20. The lowest BCUT2D eigenvalue weighted by molar-refractivity contribution is -0.139. The molecule has 0 spiro atoms. The van der Waals surface area contributed by atoms with E-state index in [1.54, 1.807) is 13.8 Å². The highest BCUT2D eigenvalue weighted by Gasteiger charge is 2.17. The number of aryl methyl sites for hydroxylation is 3. The molecule has 0 unspecified atom stereocenters. The molecule has 0 saturated heterocycles. The molecule has 45 heavy (non-hydrogen) atoms. The third-order valence-corrected chi connectivity index (χ3v) is 7.52. The quantitative estimate of drug-likeness (QED) is 0.0923. The minimum absolute atomic E-state index is 0.126. The van der Waals surface area contributed by atoms with Crippen molar-refractivity contribution in [3.8, 4) is 28.0 Å². The zero-order chi connectivity index (χ0) is 32.8. The van der Waals surface area contributed by atoms with Crippen molar-refractivity contribution in [3.05, 3.63) is 102 Å². The molecule has 0 fully saturated rings. The van der Waals surface area contributed by atoms with Crippen molar-refractivity contribution >= 4 is 11.9 Å². The smallest absolute Gasteiger partial charge is 0.333 e. The molecule has 0 heterocycles. The molecular weight excluding hydrogens is 568 g/mol. The highest BCUT2D eigenvalue weighted by molar-refractivity contribution is 5.87. The Morgan fingerprint density at radius 2 is 1.29 bits per heavy atom. The van der Waals surface area contributed by atoms with Crippen LogP contribution in [0.1, 0.15) is 49.8 Å². The van der Waals surface area contributed by atoms with Gasteiger partial charge in [0.1, 0.15) is 5.75 Å². The van der Waals surface area contributed by atoms with Gasteiger partial charge < -0.3 is 24.4 Å². The van der Waals surface area contributed by atoms with Crippen LogP contribution in [0.4, 0.5) is 0 Å². The predicted molar refractivity (Wildman–Crippen MR) is 178 cm³/mol. The summed E-state index contributed by atoms with van der Waals surface area (Å²) < 4.78 is 17.1. The fourth-order valence-corrected chi connectivity index (χ4v) is 4.93. The zero-order valence-corrected chi connectivity index (χ0v) is 26.8. The maximum Gasteiger partial charge on any atom is 0.333 e. The van der Waals surface area contributed by atoms with Crippen molar-refractivity contribution in [2.75, 3.05) is 33.0 Å². The SMILES string of the molecule is C=C(C)C(=O)OCCCc1cc(-c2ccc(-c3ccccc3)cc2C)cc(CCCOC(=O)C(=C)C)c1OCCC(CO)CO. The van der Waals surface area contributed by atoms with E-state index in [-0.39, 0.29) is 32.3 Å². The number of carbonyl (C=O) groups is 2. The average molecular weight is 615 g/mol. The molecule has 0 bridgehead atoms. The van der Waals surface area contributed by atoms with Gasteiger partial charge in [0.05, 0.1) is 19.8 Å². The average Bonchev–Trinajstić information content (AvgIpc) is 3.04. The van der Waals surface area contributed by atoms with Gasteiger partial charge in [0.2, 0.25) is 0 Å². The number of hydrogen-bond acceptors (Lipinski definition) is 7. The van der Waals surface area contributed by atoms with Gasteiger partial charge in [0, 0.05) is 30.3 Å². The van der Waals surface area contributed by atoms with Crippen LogP contribution in [0.5, 0.6) is 5.75 Å². The van der Waals surface area contributed by atoms with Crippen molar-refractivity contribution in [1.29, 1.82) is 0 Å². The number of rotatable bonds is 18. The van der Waals surface area contributed by atoms with Crippen molar-refractivity contribution < 1.29 is 34.0 Å². The molecule has 3 aromatic rings. The van der Waals surface area contributed by atoms with E-state index in [0.717, 1.165) is 44.7 Å². The largest absolute Gasteiger partial charge is 0.493 e. The van der Waals surface area contributed by atoms with E-state index in [1.165, 1.54) is 0 Å². The molecule has 240 valence electrons. The number of esters is 2. The topological polar surface area (TPSA) is 102 Å². The molecule has 0 amide bonds. The van der Waals surface area contributed by atoms with E-state index in [4.69, 9.17) is 14.2 Å². The van der Waals surface area contributed by atoms with Crippen LogP contribution < -0.4 is 4.74 Å². The summed E-state index contributed by atoms with van der Waals surface area (Å²) >= 11 is 0. The van der Waals surface area contributed by atoms with Crippen LogP contribution in [0.15, 0.2) is 85.0 Å². The lowest BCUT2D eigenvalue weighted by Crippen LogP contribution is -2.16. The first-order chi connectivity index (χ1) is 21.6. The number of hydrogen-bond donors (Lipinski definition) is 2. The first kappa shape index (κ1) is 35.3. The fraction of sp³-hybridized carbons (Fsp3) is 0.368. The Morgan fingerprint density at radius 3 is 1.78 bits per heavy atom.